The third-order valence-corrected chi connectivity index (χ3v) is 4.70. The van der Waals surface area contributed by atoms with E-state index in [1.807, 2.05) is 13.8 Å². The first kappa shape index (κ1) is 20.5. The lowest BCUT2D eigenvalue weighted by molar-refractivity contribution is -0.143. The third-order valence-electron chi connectivity index (χ3n) is 4.70. The Morgan fingerprint density at radius 3 is 2.48 bits per heavy atom. The van der Waals surface area contributed by atoms with E-state index in [4.69, 9.17) is 9.84 Å². The van der Waals surface area contributed by atoms with Crippen molar-refractivity contribution < 1.29 is 24.2 Å². The number of aliphatic carboxylic acids is 1. The zero-order chi connectivity index (χ0) is 19.8. The summed E-state index contributed by atoms with van der Waals surface area (Å²) in [5.74, 6) is -0.776. The van der Waals surface area contributed by atoms with Gasteiger partial charge in [-0.15, -0.1) is 0 Å². The van der Waals surface area contributed by atoms with E-state index in [2.05, 4.69) is 5.32 Å². The molecule has 0 aliphatic carbocycles. The van der Waals surface area contributed by atoms with Gasteiger partial charge in [-0.3, -0.25) is 9.59 Å². The average Bonchev–Trinajstić information content (AvgIpc) is 2.67. The van der Waals surface area contributed by atoms with Crippen molar-refractivity contribution in [2.75, 3.05) is 38.1 Å². The second-order valence-corrected chi connectivity index (χ2v) is 6.41. The molecular weight excluding hydrogens is 350 g/mol. The normalized spacial score (nSPS) is 14.5. The molecule has 1 aliphatic rings. The molecule has 1 aromatic carbocycles. The highest BCUT2D eigenvalue weighted by atomic mass is 16.5. The molecule has 0 unspecified atom stereocenters. The molecule has 1 aromatic rings. The van der Waals surface area contributed by atoms with Crippen LogP contribution in [0.15, 0.2) is 24.3 Å². The van der Waals surface area contributed by atoms with Crippen molar-refractivity contribution in [2.24, 2.45) is 5.92 Å². The van der Waals surface area contributed by atoms with Gasteiger partial charge < -0.3 is 25.0 Å². The van der Waals surface area contributed by atoms with Crippen LogP contribution in [0.2, 0.25) is 0 Å². The first-order valence-corrected chi connectivity index (χ1v) is 9.24. The predicted molar refractivity (Wildman–Crippen MR) is 101 cm³/mol. The molecule has 0 radical (unpaired) electrons. The number of carboxylic acids is 1. The maximum absolute atomic E-state index is 12.4. The predicted octanol–water partition coefficient (Wildman–Crippen LogP) is 2.26. The van der Waals surface area contributed by atoms with Gasteiger partial charge in [0.1, 0.15) is 5.75 Å². The number of likely N-dealkylation sites (N-methyl/N-ethyl adjacent to an activating group) is 1. The van der Waals surface area contributed by atoms with Crippen LogP contribution < -0.4 is 10.1 Å². The highest BCUT2D eigenvalue weighted by molar-refractivity contribution is 5.89. The summed E-state index contributed by atoms with van der Waals surface area (Å²) in [5, 5.41) is 11.8. The van der Waals surface area contributed by atoms with Gasteiger partial charge in [0.05, 0.1) is 5.92 Å². The van der Waals surface area contributed by atoms with E-state index in [1.54, 1.807) is 34.1 Å². The van der Waals surface area contributed by atoms with Gasteiger partial charge in [0.15, 0.2) is 6.61 Å². The quantitative estimate of drug-likeness (QED) is 0.759. The number of rotatable bonds is 7. The topological polar surface area (TPSA) is 99.2 Å². The van der Waals surface area contributed by atoms with Crippen LogP contribution in [-0.4, -0.2) is 65.6 Å². The first-order chi connectivity index (χ1) is 12.9. The number of carbonyl (C=O) groups excluding carboxylic acids is 2. The van der Waals surface area contributed by atoms with Crippen LogP contribution >= 0.6 is 0 Å². The van der Waals surface area contributed by atoms with Crippen LogP contribution in [-0.2, 0) is 9.59 Å². The highest BCUT2D eigenvalue weighted by Crippen LogP contribution is 2.20. The van der Waals surface area contributed by atoms with Crippen LogP contribution in [0.25, 0.3) is 0 Å². The number of nitrogens with one attached hydrogen (secondary N) is 1. The van der Waals surface area contributed by atoms with Crippen LogP contribution in [0.3, 0.4) is 0 Å². The lowest BCUT2D eigenvalue weighted by Gasteiger charge is -2.30. The fraction of sp³-hybridized carbons (Fsp3) is 0.526. The second-order valence-electron chi connectivity index (χ2n) is 6.41. The van der Waals surface area contributed by atoms with E-state index < -0.39 is 5.97 Å². The SMILES string of the molecule is CCN(CC)C(=O)COc1cccc(NC(=O)N2CCC(C(=O)O)CC2)c1. The molecule has 1 saturated heterocycles. The van der Waals surface area contributed by atoms with Crippen molar-refractivity contribution in [2.45, 2.75) is 26.7 Å². The maximum atomic E-state index is 12.4. The van der Waals surface area contributed by atoms with E-state index in [-0.39, 0.29) is 24.5 Å². The largest absolute Gasteiger partial charge is 0.484 e. The lowest BCUT2D eigenvalue weighted by atomic mass is 9.97. The Morgan fingerprint density at radius 1 is 1.22 bits per heavy atom. The number of likely N-dealkylation sites (tertiary alicyclic amines) is 1. The molecule has 8 nitrogen and oxygen atoms in total. The van der Waals surface area contributed by atoms with E-state index in [0.717, 1.165) is 0 Å². The Balaban J connectivity index is 1.87. The molecule has 0 atom stereocenters. The Bertz CT molecular complexity index is 667. The van der Waals surface area contributed by atoms with Gasteiger partial charge in [-0.2, -0.15) is 0 Å². The van der Waals surface area contributed by atoms with Crippen LogP contribution in [0.4, 0.5) is 10.5 Å². The molecule has 3 amide bonds. The van der Waals surface area contributed by atoms with Crippen LogP contribution in [0.5, 0.6) is 5.75 Å². The molecule has 0 saturated carbocycles. The zero-order valence-electron chi connectivity index (χ0n) is 15.8. The van der Waals surface area contributed by atoms with Crippen molar-refractivity contribution in [3.63, 3.8) is 0 Å². The van der Waals surface area contributed by atoms with Crippen LogP contribution in [0.1, 0.15) is 26.7 Å². The number of piperidine rings is 1. The minimum absolute atomic E-state index is 0.0538. The summed E-state index contributed by atoms with van der Waals surface area (Å²) < 4.78 is 5.54. The highest BCUT2D eigenvalue weighted by Gasteiger charge is 2.27. The number of carboxylic acid groups (broad SMARTS) is 1. The number of anilines is 1. The minimum Gasteiger partial charge on any atom is -0.484 e. The zero-order valence-corrected chi connectivity index (χ0v) is 15.8. The Kier molecular flexibility index (Phi) is 7.45. The van der Waals surface area contributed by atoms with Gasteiger partial charge in [-0.25, -0.2) is 4.79 Å². The number of amides is 3. The van der Waals surface area contributed by atoms with Gasteiger partial charge in [0.25, 0.3) is 5.91 Å². The molecule has 0 aromatic heterocycles. The number of urea groups is 1. The van der Waals surface area contributed by atoms with Crippen LogP contribution in [0, 0.1) is 5.92 Å². The monoisotopic (exact) mass is 377 g/mol. The summed E-state index contributed by atoms with van der Waals surface area (Å²) in [6.45, 7) is 5.87. The molecule has 8 heteroatoms. The standard InChI is InChI=1S/C19H27N3O5/c1-3-21(4-2)17(23)13-27-16-7-5-6-15(12-16)20-19(26)22-10-8-14(9-11-22)18(24)25/h5-7,12,14H,3-4,8-11,13H2,1-2H3,(H,20,26)(H,24,25). The molecular formula is C19H27N3O5. The summed E-state index contributed by atoms with van der Waals surface area (Å²) in [5.41, 5.74) is 0.563. The molecule has 2 rings (SSSR count). The van der Waals surface area contributed by atoms with Gasteiger partial charge >= 0.3 is 12.0 Å². The molecule has 27 heavy (non-hydrogen) atoms. The summed E-state index contributed by atoms with van der Waals surface area (Å²) in [6.07, 6.45) is 0.915. The fourth-order valence-corrected chi connectivity index (χ4v) is 3.01. The average molecular weight is 377 g/mol. The second kappa shape index (κ2) is 9.80. The third kappa shape index (κ3) is 5.87. The van der Waals surface area contributed by atoms with Gasteiger partial charge in [0, 0.05) is 37.9 Å². The number of nitrogens with zero attached hydrogens (tertiary/aromatic N) is 2. The molecule has 0 spiro atoms. The molecule has 2 N–H and O–H groups in total. The number of hydrogen-bond acceptors (Lipinski definition) is 4. The van der Waals surface area contributed by atoms with Crippen molar-refractivity contribution in [3.05, 3.63) is 24.3 Å². The van der Waals surface area contributed by atoms with Gasteiger partial charge in [0.2, 0.25) is 0 Å². The number of ether oxygens (including phenoxy) is 1. The number of benzene rings is 1. The summed E-state index contributed by atoms with van der Waals surface area (Å²) in [4.78, 5) is 38.6. The Labute approximate surface area is 159 Å². The van der Waals surface area contributed by atoms with Gasteiger partial charge in [-0.05, 0) is 38.8 Å². The van der Waals surface area contributed by atoms with Crippen molar-refractivity contribution in [1.29, 1.82) is 0 Å². The summed E-state index contributed by atoms with van der Waals surface area (Å²) >= 11 is 0. The minimum atomic E-state index is -0.806. The maximum Gasteiger partial charge on any atom is 0.321 e. The number of carbonyl (C=O) groups is 3. The first-order valence-electron chi connectivity index (χ1n) is 9.24. The van der Waals surface area contributed by atoms with E-state index >= 15 is 0 Å². The van der Waals surface area contributed by atoms with E-state index in [0.29, 0.717) is 50.5 Å². The fourth-order valence-electron chi connectivity index (χ4n) is 3.01. The summed E-state index contributed by atoms with van der Waals surface area (Å²) in [6, 6.07) is 6.60. The van der Waals surface area contributed by atoms with Gasteiger partial charge in [-0.1, -0.05) is 6.07 Å². The lowest BCUT2D eigenvalue weighted by Crippen LogP contribution is -2.42. The number of hydrogen-bond donors (Lipinski definition) is 2. The van der Waals surface area contributed by atoms with E-state index in [9.17, 15) is 14.4 Å². The molecule has 0 bridgehead atoms. The van der Waals surface area contributed by atoms with Crippen molar-refractivity contribution in [3.8, 4) is 5.75 Å². The Hall–Kier alpha value is -2.77. The smallest absolute Gasteiger partial charge is 0.321 e. The van der Waals surface area contributed by atoms with Crippen molar-refractivity contribution >= 4 is 23.6 Å². The molecule has 1 aliphatic heterocycles. The Morgan fingerprint density at radius 2 is 1.89 bits per heavy atom. The van der Waals surface area contributed by atoms with Crippen molar-refractivity contribution in [1.82, 2.24) is 9.80 Å². The molecule has 148 valence electrons. The summed E-state index contributed by atoms with van der Waals surface area (Å²) in [7, 11) is 0. The molecule has 1 fully saturated rings. The van der Waals surface area contributed by atoms with E-state index in [1.165, 1.54) is 0 Å². The molecule has 1 heterocycles.